The molecule has 0 aliphatic rings. The van der Waals surface area contributed by atoms with Crippen molar-refractivity contribution >= 4 is 23.3 Å². The fourth-order valence-electron chi connectivity index (χ4n) is 2.03. The largest absolute Gasteiger partial charge is 0.467 e. The number of carbonyl (C=O) groups excluding carboxylic acids is 2. The summed E-state index contributed by atoms with van der Waals surface area (Å²) in [5.74, 6) is -0.775. The molecule has 132 valence electrons. The Labute approximate surface area is 143 Å². The number of amides is 1. The maximum atomic E-state index is 12.1. The molecule has 2 aromatic rings. The highest BCUT2D eigenvalue weighted by atomic mass is 16.6. The zero-order valence-electron chi connectivity index (χ0n) is 13.6. The van der Waals surface area contributed by atoms with E-state index in [-0.39, 0.29) is 23.5 Å². The topological polar surface area (TPSA) is 124 Å². The number of nitro benzene ring substituents is 1. The van der Waals surface area contributed by atoms with Gasteiger partial charge in [0.1, 0.15) is 11.4 Å². The molecule has 1 aromatic carbocycles. The van der Waals surface area contributed by atoms with Gasteiger partial charge in [-0.15, -0.1) is 0 Å². The van der Waals surface area contributed by atoms with Crippen LogP contribution in [0.3, 0.4) is 0 Å². The molecule has 0 unspecified atom stereocenters. The Hall–Kier alpha value is -3.36. The fraction of sp³-hybridized carbons (Fsp3) is 0.250. The second kappa shape index (κ2) is 7.95. The van der Waals surface area contributed by atoms with Gasteiger partial charge in [0.05, 0.1) is 23.3 Å². The SMILES string of the molecule is CNc1ccc(C(=O)O[C@@H](C)C(=O)NCc2ccco2)cc1[N+](=O)[O-]. The Bertz CT molecular complexity index is 772. The number of nitrogens with one attached hydrogen (secondary N) is 2. The van der Waals surface area contributed by atoms with E-state index in [1.54, 1.807) is 12.1 Å². The van der Waals surface area contributed by atoms with Crippen molar-refractivity contribution in [3.05, 3.63) is 58.0 Å². The van der Waals surface area contributed by atoms with Gasteiger partial charge < -0.3 is 19.8 Å². The molecule has 25 heavy (non-hydrogen) atoms. The molecular weight excluding hydrogens is 330 g/mol. The number of ether oxygens (including phenoxy) is 1. The van der Waals surface area contributed by atoms with E-state index in [2.05, 4.69) is 10.6 Å². The molecular formula is C16H17N3O6. The van der Waals surface area contributed by atoms with E-state index in [1.807, 2.05) is 0 Å². The Balaban J connectivity index is 1.99. The van der Waals surface area contributed by atoms with Crippen LogP contribution in [0.5, 0.6) is 0 Å². The normalized spacial score (nSPS) is 11.4. The molecule has 0 bridgehead atoms. The summed E-state index contributed by atoms with van der Waals surface area (Å²) in [6, 6.07) is 7.26. The molecule has 9 nitrogen and oxygen atoms in total. The quantitative estimate of drug-likeness (QED) is 0.446. The van der Waals surface area contributed by atoms with E-state index < -0.39 is 22.9 Å². The van der Waals surface area contributed by atoms with Crippen molar-refractivity contribution in [2.75, 3.05) is 12.4 Å². The molecule has 0 radical (unpaired) electrons. The fourth-order valence-corrected chi connectivity index (χ4v) is 2.03. The zero-order valence-corrected chi connectivity index (χ0v) is 13.6. The summed E-state index contributed by atoms with van der Waals surface area (Å²) in [6.45, 7) is 1.57. The minimum Gasteiger partial charge on any atom is -0.467 e. The monoisotopic (exact) mass is 347 g/mol. The first-order valence-electron chi connectivity index (χ1n) is 7.39. The van der Waals surface area contributed by atoms with Gasteiger partial charge in [0.25, 0.3) is 11.6 Å². The van der Waals surface area contributed by atoms with Crippen molar-refractivity contribution in [2.45, 2.75) is 19.6 Å². The lowest BCUT2D eigenvalue weighted by atomic mass is 10.1. The first-order chi connectivity index (χ1) is 11.9. The predicted molar refractivity (Wildman–Crippen MR) is 88.1 cm³/mol. The number of anilines is 1. The van der Waals surface area contributed by atoms with Gasteiger partial charge in [-0.1, -0.05) is 0 Å². The third kappa shape index (κ3) is 4.56. The zero-order chi connectivity index (χ0) is 18.4. The Kier molecular flexibility index (Phi) is 5.72. The highest BCUT2D eigenvalue weighted by Gasteiger charge is 2.22. The van der Waals surface area contributed by atoms with Gasteiger partial charge in [-0.05, 0) is 31.2 Å². The number of rotatable bonds is 7. The van der Waals surface area contributed by atoms with Crippen LogP contribution in [0.15, 0.2) is 41.0 Å². The Morgan fingerprint density at radius 1 is 1.36 bits per heavy atom. The lowest BCUT2D eigenvalue weighted by Crippen LogP contribution is -2.35. The van der Waals surface area contributed by atoms with Crippen molar-refractivity contribution in [3.63, 3.8) is 0 Å². The number of nitrogens with zero attached hydrogens (tertiary/aromatic N) is 1. The number of furan rings is 1. The van der Waals surface area contributed by atoms with Crippen LogP contribution in [-0.4, -0.2) is 30.0 Å². The van der Waals surface area contributed by atoms with E-state index in [4.69, 9.17) is 9.15 Å². The van der Waals surface area contributed by atoms with Crippen LogP contribution < -0.4 is 10.6 Å². The van der Waals surface area contributed by atoms with Gasteiger partial charge in [-0.25, -0.2) is 4.79 Å². The molecule has 2 rings (SSSR count). The molecule has 9 heteroatoms. The third-order valence-corrected chi connectivity index (χ3v) is 3.37. The Morgan fingerprint density at radius 3 is 2.72 bits per heavy atom. The molecule has 0 aliphatic heterocycles. The summed E-state index contributed by atoms with van der Waals surface area (Å²) >= 11 is 0. The first kappa shape index (κ1) is 18.0. The van der Waals surface area contributed by atoms with Gasteiger partial charge in [0.2, 0.25) is 0 Å². The van der Waals surface area contributed by atoms with Crippen LogP contribution in [0.1, 0.15) is 23.0 Å². The molecule has 1 heterocycles. The maximum absolute atomic E-state index is 12.1. The molecule has 0 saturated heterocycles. The standard InChI is InChI=1S/C16H17N3O6/c1-10(15(20)18-9-12-4-3-7-24-12)25-16(21)11-5-6-13(17-2)14(8-11)19(22)23/h3-8,10,17H,9H2,1-2H3,(H,18,20)/t10-/m0/s1. The van der Waals surface area contributed by atoms with Crippen LogP contribution in [0.4, 0.5) is 11.4 Å². The van der Waals surface area contributed by atoms with E-state index in [1.165, 1.54) is 32.4 Å². The molecule has 0 saturated carbocycles. The second-order valence-electron chi connectivity index (χ2n) is 5.08. The van der Waals surface area contributed by atoms with Crippen molar-refractivity contribution in [2.24, 2.45) is 0 Å². The number of esters is 1. The molecule has 0 fully saturated rings. The summed E-state index contributed by atoms with van der Waals surface area (Å²) in [5, 5.41) is 16.3. The predicted octanol–water partition coefficient (Wildman–Crippen LogP) is 2.09. The molecule has 1 aromatic heterocycles. The van der Waals surface area contributed by atoms with Crippen LogP contribution in [0.2, 0.25) is 0 Å². The summed E-state index contributed by atoms with van der Waals surface area (Å²) in [4.78, 5) is 34.5. The minimum atomic E-state index is -1.06. The smallest absolute Gasteiger partial charge is 0.339 e. The molecule has 1 amide bonds. The van der Waals surface area contributed by atoms with E-state index in [0.29, 0.717) is 5.76 Å². The van der Waals surface area contributed by atoms with Crippen LogP contribution in [0.25, 0.3) is 0 Å². The summed E-state index contributed by atoms with van der Waals surface area (Å²) < 4.78 is 10.1. The van der Waals surface area contributed by atoms with Crippen molar-refractivity contribution in [1.29, 1.82) is 0 Å². The van der Waals surface area contributed by atoms with Crippen LogP contribution >= 0.6 is 0 Å². The van der Waals surface area contributed by atoms with Gasteiger partial charge in [0, 0.05) is 13.1 Å². The number of benzene rings is 1. The molecule has 2 N–H and O–H groups in total. The van der Waals surface area contributed by atoms with Crippen molar-refractivity contribution in [1.82, 2.24) is 5.32 Å². The van der Waals surface area contributed by atoms with E-state index in [9.17, 15) is 19.7 Å². The van der Waals surface area contributed by atoms with Crippen LogP contribution in [-0.2, 0) is 16.1 Å². The number of hydrogen-bond donors (Lipinski definition) is 2. The number of carbonyl (C=O) groups is 2. The van der Waals surface area contributed by atoms with Crippen molar-refractivity contribution < 1.29 is 23.7 Å². The molecule has 0 spiro atoms. The highest BCUT2D eigenvalue weighted by Crippen LogP contribution is 2.25. The lowest BCUT2D eigenvalue weighted by Gasteiger charge is -2.13. The summed E-state index contributed by atoms with van der Waals surface area (Å²) in [5.41, 5.74) is -0.00551. The maximum Gasteiger partial charge on any atom is 0.339 e. The third-order valence-electron chi connectivity index (χ3n) is 3.37. The molecule has 0 aliphatic carbocycles. The van der Waals surface area contributed by atoms with Gasteiger partial charge in [-0.3, -0.25) is 14.9 Å². The lowest BCUT2D eigenvalue weighted by molar-refractivity contribution is -0.384. The number of nitro groups is 1. The van der Waals surface area contributed by atoms with E-state index in [0.717, 1.165) is 6.07 Å². The van der Waals surface area contributed by atoms with Crippen LogP contribution in [0, 0.1) is 10.1 Å². The van der Waals surface area contributed by atoms with Gasteiger partial charge in [-0.2, -0.15) is 0 Å². The second-order valence-corrected chi connectivity index (χ2v) is 5.08. The summed E-state index contributed by atoms with van der Waals surface area (Å²) in [7, 11) is 1.53. The minimum absolute atomic E-state index is 0.0172. The highest BCUT2D eigenvalue weighted by molar-refractivity contribution is 5.93. The van der Waals surface area contributed by atoms with Gasteiger partial charge >= 0.3 is 5.97 Å². The average molecular weight is 347 g/mol. The molecule has 1 atom stereocenters. The van der Waals surface area contributed by atoms with Gasteiger partial charge in [0.15, 0.2) is 6.10 Å². The van der Waals surface area contributed by atoms with E-state index >= 15 is 0 Å². The first-order valence-corrected chi connectivity index (χ1v) is 7.39. The average Bonchev–Trinajstić information content (AvgIpc) is 3.12. The van der Waals surface area contributed by atoms with Crippen molar-refractivity contribution in [3.8, 4) is 0 Å². The Morgan fingerprint density at radius 2 is 2.12 bits per heavy atom. The summed E-state index contributed by atoms with van der Waals surface area (Å²) in [6.07, 6.45) is 0.414. The number of hydrogen-bond acceptors (Lipinski definition) is 7.